The third-order valence-electron chi connectivity index (χ3n) is 2.41. The van der Waals surface area contributed by atoms with Gasteiger partial charge in [-0.3, -0.25) is 4.21 Å². The highest BCUT2D eigenvalue weighted by Gasteiger charge is 2.47. The Hall–Kier alpha value is -1.09. The molecule has 0 radical (unpaired) electrons. The van der Waals surface area contributed by atoms with Crippen LogP contribution in [0.1, 0.15) is 6.42 Å². The lowest BCUT2D eigenvalue weighted by Gasteiger charge is -2.13. The average molecular weight is 329 g/mol. The van der Waals surface area contributed by atoms with Gasteiger partial charge in [-0.15, -0.1) is 0 Å². The van der Waals surface area contributed by atoms with Crippen LogP contribution in [-0.2, 0) is 20.6 Å². The molecule has 0 saturated carbocycles. The van der Waals surface area contributed by atoms with Gasteiger partial charge < -0.3 is 5.32 Å². The first-order valence-corrected chi connectivity index (χ1v) is 8.81. The number of rotatable bonds is 6. The lowest BCUT2D eigenvalue weighted by Crippen LogP contribution is -2.24. The highest BCUT2D eigenvalue weighted by molar-refractivity contribution is 7.92. The van der Waals surface area contributed by atoms with Gasteiger partial charge >= 0.3 is 5.51 Å². The molecule has 0 aliphatic heterocycles. The number of anilines is 1. The van der Waals surface area contributed by atoms with Gasteiger partial charge in [-0.25, -0.2) is 8.42 Å². The number of nitrogens with one attached hydrogen (secondary N) is 1. The van der Waals surface area contributed by atoms with Crippen molar-refractivity contribution in [1.29, 1.82) is 0 Å². The fraction of sp³-hybridized carbons (Fsp3) is 0.455. The molecule has 1 unspecified atom stereocenters. The summed E-state index contributed by atoms with van der Waals surface area (Å²) < 4.78 is 71.3. The number of sulfone groups is 1. The lowest BCUT2D eigenvalue weighted by molar-refractivity contribution is -0.0435. The fourth-order valence-corrected chi connectivity index (χ4v) is 2.96. The first-order chi connectivity index (χ1) is 9.16. The van der Waals surface area contributed by atoms with Crippen LogP contribution in [0.15, 0.2) is 29.2 Å². The first kappa shape index (κ1) is 17.0. The standard InChI is InChI=1S/C11H14F3NO3S2/c1-19(16)8-4-7-15-9-5-2-3-6-10(9)20(17,18)11(12,13)14/h2-3,5-6,15H,4,7-8H2,1H3. The van der Waals surface area contributed by atoms with Crippen molar-refractivity contribution >= 4 is 26.3 Å². The molecule has 1 aromatic carbocycles. The van der Waals surface area contributed by atoms with Crippen LogP contribution in [0.4, 0.5) is 18.9 Å². The summed E-state index contributed by atoms with van der Waals surface area (Å²) in [4.78, 5) is -0.801. The van der Waals surface area contributed by atoms with E-state index < -0.39 is 31.0 Å². The van der Waals surface area contributed by atoms with E-state index in [0.29, 0.717) is 12.2 Å². The molecule has 20 heavy (non-hydrogen) atoms. The number of halogens is 3. The Balaban J connectivity index is 2.92. The maximum atomic E-state index is 12.5. The lowest BCUT2D eigenvalue weighted by atomic mass is 10.3. The second-order valence-corrected chi connectivity index (χ2v) is 7.47. The number of hydrogen-bond donors (Lipinski definition) is 1. The summed E-state index contributed by atoms with van der Waals surface area (Å²) in [5.74, 6) is 0.390. The number of benzene rings is 1. The molecule has 0 aromatic heterocycles. The molecule has 0 heterocycles. The maximum Gasteiger partial charge on any atom is 0.501 e. The maximum absolute atomic E-state index is 12.5. The minimum atomic E-state index is -5.38. The second kappa shape index (κ2) is 6.57. The van der Waals surface area contributed by atoms with Gasteiger partial charge in [0.05, 0.1) is 10.6 Å². The summed E-state index contributed by atoms with van der Waals surface area (Å²) in [6.07, 6.45) is 1.98. The van der Waals surface area contributed by atoms with Crippen LogP contribution in [0.2, 0.25) is 0 Å². The summed E-state index contributed by atoms with van der Waals surface area (Å²) in [5.41, 5.74) is -5.44. The van der Waals surface area contributed by atoms with Crippen molar-refractivity contribution in [3.8, 4) is 0 Å². The zero-order valence-corrected chi connectivity index (χ0v) is 12.2. The minimum Gasteiger partial charge on any atom is -0.384 e. The van der Waals surface area contributed by atoms with Crippen LogP contribution in [-0.4, -0.2) is 36.7 Å². The van der Waals surface area contributed by atoms with Gasteiger partial charge in [0.2, 0.25) is 0 Å². The van der Waals surface area contributed by atoms with E-state index >= 15 is 0 Å². The Bertz CT molecular complexity index is 585. The molecular weight excluding hydrogens is 315 g/mol. The van der Waals surface area contributed by atoms with E-state index in [1.807, 2.05) is 0 Å². The molecule has 0 aliphatic rings. The molecule has 4 nitrogen and oxygen atoms in total. The molecule has 0 spiro atoms. The largest absolute Gasteiger partial charge is 0.501 e. The third kappa shape index (κ3) is 4.20. The Morgan fingerprint density at radius 3 is 2.40 bits per heavy atom. The third-order valence-corrected chi connectivity index (χ3v) is 4.81. The van der Waals surface area contributed by atoms with Gasteiger partial charge in [0, 0.05) is 29.4 Å². The highest BCUT2D eigenvalue weighted by atomic mass is 32.2. The highest BCUT2D eigenvalue weighted by Crippen LogP contribution is 2.34. The summed E-state index contributed by atoms with van der Waals surface area (Å²) in [5, 5.41) is 2.63. The molecule has 0 aliphatic carbocycles. The number of hydrogen-bond acceptors (Lipinski definition) is 4. The van der Waals surface area contributed by atoms with E-state index in [-0.39, 0.29) is 12.2 Å². The first-order valence-electron chi connectivity index (χ1n) is 5.60. The number of alkyl halides is 3. The van der Waals surface area contributed by atoms with E-state index in [1.54, 1.807) is 0 Å². The Morgan fingerprint density at radius 1 is 1.25 bits per heavy atom. The summed E-state index contributed by atoms with van der Waals surface area (Å²) >= 11 is 0. The van der Waals surface area contributed by atoms with Gasteiger partial charge in [0.15, 0.2) is 0 Å². The molecule has 0 bridgehead atoms. The molecule has 9 heteroatoms. The van der Waals surface area contributed by atoms with Crippen molar-refractivity contribution in [2.24, 2.45) is 0 Å². The van der Waals surface area contributed by atoms with E-state index in [2.05, 4.69) is 5.32 Å². The smallest absolute Gasteiger partial charge is 0.384 e. The van der Waals surface area contributed by atoms with Gasteiger partial charge in [0.25, 0.3) is 9.84 Å². The zero-order chi connectivity index (χ0) is 15.4. The minimum absolute atomic E-state index is 0.105. The quantitative estimate of drug-likeness (QED) is 0.813. The molecule has 1 N–H and O–H groups in total. The van der Waals surface area contributed by atoms with Crippen LogP contribution in [0.5, 0.6) is 0 Å². The van der Waals surface area contributed by atoms with Crippen LogP contribution in [0.3, 0.4) is 0 Å². The molecule has 114 valence electrons. The average Bonchev–Trinajstić information content (AvgIpc) is 2.33. The van der Waals surface area contributed by atoms with Crippen molar-refractivity contribution in [3.63, 3.8) is 0 Å². The second-order valence-electron chi connectivity index (χ2n) is 4.00. The predicted molar refractivity (Wildman–Crippen MR) is 71.7 cm³/mol. The van der Waals surface area contributed by atoms with Gasteiger partial charge in [-0.1, -0.05) is 12.1 Å². The van der Waals surface area contributed by atoms with Crippen molar-refractivity contribution < 1.29 is 25.8 Å². The van der Waals surface area contributed by atoms with Crippen LogP contribution in [0, 0.1) is 0 Å². The van der Waals surface area contributed by atoms with Crippen molar-refractivity contribution in [2.45, 2.75) is 16.8 Å². The SMILES string of the molecule is CS(=O)CCCNc1ccccc1S(=O)(=O)C(F)(F)F. The van der Waals surface area contributed by atoms with Crippen molar-refractivity contribution in [1.82, 2.24) is 0 Å². The fourth-order valence-electron chi connectivity index (χ4n) is 1.47. The van der Waals surface area contributed by atoms with Gasteiger partial charge in [-0.05, 0) is 18.6 Å². The van der Waals surface area contributed by atoms with Gasteiger partial charge in [-0.2, -0.15) is 13.2 Å². The Kier molecular flexibility index (Phi) is 5.58. The molecule has 1 rings (SSSR count). The summed E-state index contributed by atoms with van der Waals surface area (Å²) in [6, 6.07) is 4.84. The molecular formula is C11H14F3NO3S2. The van der Waals surface area contributed by atoms with Gasteiger partial charge in [0.1, 0.15) is 0 Å². The van der Waals surface area contributed by atoms with E-state index in [4.69, 9.17) is 0 Å². The van der Waals surface area contributed by atoms with E-state index in [0.717, 1.165) is 6.07 Å². The van der Waals surface area contributed by atoms with E-state index in [9.17, 15) is 25.8 Å². The van der Waals surface area contributed by atoms with Crippen molar-refractivity contribution in [3.05, 3.63) is 24.3 Å². The number of para-hydroxylation sites is 1. The predicted octanol–water partition coefficient (Wildman–Crippen LogP) is 2.16. The van der Waals surface area contributed by atoms with Crippen LogP contribution in [0.25, 0.3) is 0 Å². The monoisotopic (exact) mass is 329 g/mol. The summed E-state index contributed by atoms with van der Waals surface area (Å²) in [6.45, 7) is 0.240. The molecule has 0 saturated heterocycles. The molecule has 1 atom stereocenters. The van der Waals surface area contributed by atoms with E-state index in [1.165, 1.54) is 24.5 Å². The normalized spacial score (nSPS) is 14.0. The molecule has 0 amide bonds. The van der Waals surface area contributed by atoms with Crippen molar-refractivity contribution in [2.75, 3.05) is 23.9 Å². The molecule has 0 fully saturated rings. The van der Waals surface area contributed by atoms with Crippen LogP contribution >= 0.6 is 0 Å². The van der Waals surface area contributed by atoms with Crippen LogP contribution < -0.4 is 5.32 Å². The Labute approximate surface area is 117 Å². The zero-order valence-electron chi connectivity index (χ0n) is 10.6. The Morgan fingerprint density at radius 2 is 1.85 bits per heavy atom. The topological polar surface area (TPSA) is 63.2 Å². The molecule has 1 aromatic rings. The summed E-state index contributed by atoms with van der Waals surface area (Å²) in [7, 11) is -6.38.